The van der Waals surface area contributed by atoms with Crippen molar-refractivity contribution >= 4 is 33.9 Å². The predicted octanol–water partition coefficient (Wildman–Crippen LogP) is 2.43. The minimum atomic E-state index is -0.450. The van der Waals surface area contributed by atoms with Gasteiger partial charge in [-0.2, -0.15) is 0 Å². The van der Waals surface area contributed by atoms with Crippen LogP contribution in [0.1, 0.15) is 20.8 Å². The minimum Gasteiger partial charge on any atom is -0.465 e. The van der Waals surface area contributed by atoms with Gasteiger partial charge in [-0.25, -0.2) is 9.78 Å². The van der Waals surface area contributed by atoms with Crippen LogP contribution in [0.15, 0.2) is 42.0 Å². The van der Waals surface area contributed by atoms with Crippen LogP contribution in [-0.4, -0.2) is 28.4 Å². The van der Waals surface area contributed by atoms with Crippen LogP contribution in [0, 0.1) is 0 Å². The number of ether oxygens (including phenoxy) is 1. The molecule has 2 aromatic heterocycles. The van der Waals surface area contributed by atoms with Gasteiger partial charge in [-0.05, 0) is 18.2 Å². The summed E-state index contributed by atoms with van der Waals surface area (Å²) in [5.41, 5.74) is 1.21. The number of methoxy groups -OCH3 is 1. The van der Waals surface area contributed by atoms with Crippen molar-refractivity contribution in [2.24, 2.45) is 0 Å². The van der Waals surface area contributed by atoms with Crippen LogP contribution in [0.3, 0.4) is 0 Å². The molecule has 3 aromatic rings. The van der Waals surface area contributed by atoms with Gasteiger partial charge in [-0.1, -0.05) is 6.07 Å². The number of aromatic nitrogens is 2. The Morgan fingerprint density at radius 3 is 3.00 bits per heavy atom. The summed E-state index contributed by atoms with van der Waals surface area (Å²) < 4.78 is 6.43. The normalized spacial score (nSPS) is 10.5. The number of imidazole rings is 1. The summed E-state index contributed by atoms with van der Waals surface area (Å²) in [6, 6.07) is 6.55. The van der Waals surface area contributed by atoms with Gasteiger partial charge in [-0.3, -0.25) is 9.20 Å². The summed E-state index contributed by atoms with van der Waals surface area (Å²) in [4.78, 5) is 28.6. The van der Waals surface area contributed by atoms with Crippen LogP contribution < -0.4 is 5.32 Å². The average Bonchev–Trinajstić information content (AvgIpc) is 3.08. The van der Waals surface area contributed by atoms with Crippen LogP contribution in [0.4, 0.5) is 5.69 Å². The van der Waals surface area contributed by atoms with E-state index in [1.165, 1.54) is 18.4 Å². The Labute approximate surface area is 124 Å². The number of rotatable bonds is 3. The Hall–Kier alpha value is -2.67. The average molecular weight is 301 g/mol. The second-order valence-electron chi connectivity index (χ2n) is 4.25. The molecule has 0 aliphatic rings. The molecule has 0 saturated heterocycles. The molecule has 0 fully saturated rings. The zero-order valence-electron chi connectivity index (χ0n) is 11.1. The highest BCUT2D eigenvalue weighted by Crippen LogP contribution is 2.15. The van der Waals surface area contributed by atoms with Crippen LogP contribution in [0.2, 0.25) is 0 Å². The van der Waals surface area contributed by atoms with Gasteiger partial charge in [0.15, 0.2) is 4.96 Å². The first-order valence-corrected chi connectivity index (χ1v) is 6.97. The number of fused-ring (bicyclic) bond motifs is 1. The molecule has 0 radical (unpaired) electrons. The van der Waals surface area contributed by atoms with Gasteiger partial charge in [0.05, 0.1) is 12.7 Å². The summed E-state index contributed by atoms with van der Waals surface area (Å²) in [5.74, 6) is -0.776. The molecular weight excluding hydrogens is 290 g/mol. The monoisotopic (exact) mass is 301 g/mol. The molecule has 0 saturated carbocycles. The third-order valence-corrected chi connectivity index (χ3v) is 3.64. The number of hydrogen-bond acceptors (Lipinski definition) is 5. The van der Waals surface area contributed by atoms with Gasteiger partial charge in [0, 0.05) is 23.5 Å². The smallest absolute Gasteiger partial charge is 0.337 e. The minimum absolute atomic E-state index is 0.324. The first-order chi connectivity index (χ1) is 10.2. The van der Waals surface area contributed by atoms with Gasteiger partial charge < -0.3 is 10.1 Å². The standard InChI is InChI=1S/C14H11N3O3S/c1-20-13(19)9-3-2-4-10(7-9)15-12(18)11-8-17-5-6-21-14(17)16-11/h2-8H,1H3,(H,15,18). The van der Waals surface area contributed by atoms with E-state index in [9.17, 15) is 9.59 Å². The van der Waals surface area contributed by atoms with E-state index in [2.05, 4.69) is 15.0 Å². The van der Waals surface area contributed by atoms with Crippen molar-refractivity contribution in [3.05, 3.63) is 53.3 Å². The van der Waals surface area contributed by atoms with E-state index in [0.29, 0.717) is 16.9 Å². The number of esters is 1. The largest absolute Gasteiger partial charge is 0.465 e. The Morgan fingerprint density at radius 2 is 2.24 bits per heavy atom. The predicted molar refractivity (Wildman–Crippen MR) is 78.8 cm³/mol. The zero-order valence-corrected chi connectivity index (χ0v) is 11.9. The Balaban J connectivity index is 1.81. The summed E-state index contributed by atoms with van der Waals surface area (Å²) in [7, 11) is 1.31. The number of benzene rings is 1. The summed E-state index contributed by atoms with van der Waals surface area (Å²) in [6.07, 6.45) is 3.49. The third-order valence-electron chi connectivity index (χ3n) is 2.87. The lowest BCUT2D eigenvalue weighted by molar-refractivity contribution is 0.0600. The van der Waals surface area contributed by atoms with Gasteiger partial charge in [0.1, 0.15) is 5.69 Å². The third kappa shape index (κ3) is 2.63. The van der Waals surface area contributed by atoms with Gasteiger partial charge in [0.25, 0.3) is 5.91 Å². The molecule has 1 N–H and O–H groups in total. The lowest BCUT2D eigenvalue weighted by Gasteiger charge is -2.05. The molecule has 1 aromatic carbocycles. The first kappa shape index (κ1) is 13.3. The van der Waals surface area contributed by atoms with Crippen LogP contribution in [0.5, 0.6) is 0 Å². The highest BCUT2D eigenvalue weighted by Gasteiger charge is 2.13. The molecule has 0 aliphatic carbocycles. The van der Waals surface area contributed by atoms with E-state index in [-0.39, 0.29) is 5.91 Å². The fourth-order valence-corrected chi connectivity index (χ4v) is 2.57. The zero-order chi connectivity index (χ0) is 14.8. The molecule has 0 bridgehead atoms. The van der Waals surface area contributed by atoms with Crippen molar-refractivity contribution in [3.8, 4) is 0 Å². The molecule has 0 spiro atoms. The topological polar surface area (TPSA) is 72.7 Å². The number of carbonyl (C=O) groups excluding carboxylic acids is 2. The maximum atomic E-state index is 12.1. The molecule has 0 aliphatic heterocycles. The van der Waals surface area contributed by atoms with Crippen LogP contribution in [-0.2, 0) is 4.74 Å². The highest BCUT2D eigenvalue weighted by atomic mass is 32.1. The summed E-state index contributed by atoms with van der Waals surface area (Å²) in [5, 5.41) is 4.60. The van der Waals surface area contributed by atoms with Crippen molar-refractivity contribution in [2.75, 3.05) is 12.4 Å². The Kier molecular flexibility index (Phi) is 3.41. The molecule has 7 heteroatoms. The number of carbonyl (C=O) groups is 2. The molecule has 21 heavy (non-hydrogen) atoms. The van der Waals surface area contributed by atoms with Crippen molar-refractivity contribution in [3.63, 3.8) is 0 Å². The van der Waals surface area contributed by atoms with Gasteiger partial charge in [0.2, 0.25) is 0 Å². The molecular formula is C14H11N3O3S. The van der Waals surface area contributed by atoms with Crippen molar-refractivity contribution in [2.45, 2.75) is 0 Å². The molecule has 0 unspecified atom stereocenters. The SMILES string of the molecule is COC(=O)c1cccc(NC(=O)c2cn3ccsc3n2)c1. The number of hydrogen-bond donors (Lipinski definition) is 1. The van der Waals surface area contributed by atoms with Crippen LogP contribution in [0.25, 0.3) is 4.96 Å². The highest BCUT2D eigenvalue weighted by molar-refractivity contribution is 7.15. The molecule has 106 valence electrons. The maximum Gasteiger partial charge on any atom is 0.337 e. The van der Waals surface area contributed by atoms with E-state index >= 15 is 0 Å². The summed E-state index contributed by atoms with van der Waals surface area (Å²) in [6.45, 7) is 0. The number of thiazole rings is 1. The molecule has 2 heterocycles. The quantitative estimate of drug-likeness (QED) is 0.754. The maximum absolute atomic E-state index is 12.1. The van der Waals surface area contributed by atoms with Crippen molar-refractivity contribution in [1.29, 1.82) is 0 Å². The molecule has 0 atom stereocenters. The fourth-order valence-electron chi connectivity index (χ4n) is 1.87. The molecule has 6 nitrogen and oxygen atoms in total. The molecule has 1 amide bonds. The Bertz CT molecular complexity index is 793. The number of nitrogens with one attached hydrogen (secondary N) is 1. The second-order valence-corrected chi connectivity index (χ2v) is 5.12. The number of amides is 1. The lowest BCUT2D eigenvalue weighted by atomic mass is 10.2. The number of nitrogens with zero attached hydrogens (tertiary/aromatic N) is 2. The van der Waals surface area contributed by atoms with Crippen molar-refractivity contribution < 1.29 is 14.3 Å². The van der Waals surface area contributed by atoms with Gasteiger partial charge in [-0.15, -0.1) is 11.3 Å². The summed E-state index contributed by atoms with van der Waals surface area (Å²) >= 11 is 1.45. The lowest BCUT2D eigenvalue weighted by Crippen LogP contribution is -2.13. The van der Waals surface area contributed by atoms with Gasteiger partial charge >= 0.3 is 5.97 Å². The fraction of sp³-hybridized carbons (Fsp3) is 0.0714. The molecule has 3 rings (SSSR count). The van der Waals surface area contributed by atoms with Crippen LogP contribution >= 0.6 is 11.3 Å². The van der Waals surface area contributed by atoms with E-state index in [1.807, 2.05) is 11.6 Å². The van der Waals surface area contributed by atoms with E-state index in [1.54, 1.807) is 34.9 Å². The second kappa shape index (κ2) is 5.37. The Morgan fingerprint density at radius 1 is 1.38 bits per heavy atom. The van der Waals surface area contributed by atoms with E-state index in [4.69, 9.17) is 0 Å². The van der Waals surface area contributed by atoms with Crippen molar-refractivity contribution in [1.82, 2.24) is 9.38 Å². The van der Waals surface area contributed by atoms with E-state index in [0.717, 1.165) is 4.96 Å². The first-order valence-electron chi connectivity index (χ1n) is 6.09. The number of anilines is 1. The van der Waals surface area contributed by atoms with E-state index < -0.39 is 5.97 Å².